The van der Waals surface area contributed by atoms with Crippen LogP contribution in [0.5, 0.6) is 0 Å². The first-order valence-corrected chi connectivity index (χ1v) is 8.82. The highest BCUT2D eigenvalue weighted by Gasteiger charge is 2.20. The lowest BCUT2D eigenvalue weighted by Crippen LogP contribution is -2.30. The second kappa shape index (κ2) is 5.82. The summed E-state index contributed by atoms with van der Waals surface area (Å²) >= 11 is 0. The molecule has 0 amide bonds. The van der Waals surface area contributed by atoms with Crippen LogP contribution in [0.4, 0.5) is 11.5 Å². The van der Waals surface area contributed by atoms with Gasteiger partial charge < -0.3 is 10.6 Å². The maximum Gasteiger partial charge on any atom is 0.178 e. The van der Waals surface area contributed by atoms with Crippen LogP contribution in [0.3, 0.4) is 0 Å². The predicted molar refractivity (Wildman–Crippen MR) is 95.1 cm³/mol. The zero-order valence-electron chi connectivity index (χ0n) is 14.3. The highest BCUT2D eigenvalue weighted by molar-refractivity contribution is 5.73. The number of likely N-dealkylation sites (N-methyl/N-ethyl adjacent to an activating group) is 1. The van der Waals surface area contributed by atoms with Crippen molar-refractivity contribution < 1.29 is 0 Å². The van der Waals surface area contributed by atoms with Crippen molar-refractivity contribution in [3.05, 3.63) is 35.9 Å². The molecule has 1 saturated heterocycles. The van der Waals surface area contributed by atoms with Crippen molar-refractivity contribution in [2.24, 2.45) is 0 Å². The van der Waals surface area contributed by atoms with Crippen LogP contribution in [0, 0.1) is 0 Å². The van der Waals surface area contributed by atoms with Crippen molar-refractivity contribution >= 4 is 17.2 Å². The zero-order chi connectivity index (χ0) is 16.8. The van der Waals surface area contributed by atoms with Gasteiger partial charge in [-0.3, -0.25) is 9.58 Å². The fourth-order valence-electron chi connectivity index (χ4n) is 3.80. The molecule has 3 aromatic heterocycles. The number of fused-ring (bicyclic) bond motifs is 2. The fourth-order valence-corrected chi connectivity index (χ4v) is 3.80. The van der Waals surface area contributed by atoms with Crippen molar-refractivity contribution in [1.29, 1.82) is 0 Å². The van der Waals surface area contributed by atoms with Gasteiger partial charge in [0.15, 0.2) is 11.5 Å². The number of rotatable bonds is 3. The molecular formula is C17H22N8. The Kier molecular flexibility index (Phi) is 3.46. The van der Waals surface area contributed by atoms with Crippen LogP contribution in [0.2, 0.25) is 0 Å². The third-order valence-corrected chi connectivity index (χ3v) is 5.18. The van der Waals surface area contributed by atoms with E-state index >= 15 is 0 Å². The van der Waals surface area contributed by atoms with Gasteiger partial charge in [-0.05, 0) is 37.6 Å². The molecule has 0 spiro atoms. The Bertz CT molecular complexity index is 905. The largest absolute Gasteiger partial charge is 0.336 e. The molecule has 25 heavy (non-hydrogen) atoms. The number of aromatic nitrogens is 5. The van der Waals surface area contributed by atoms with Gasteiger partial charge in [-0.25, -0.2) is 9.50 Å². The number of hydrogen-bond donors (Lipinski definition) is 2. The topological polar surface area (TPSA) is 75.3 Å². The Balaban J connectivity index is 1.50. The van der Waals surface area contributed by atoms with E-state index in [0.717, 1.165) is 56.3 Å². The standard InChI is InChI=1S/C17H22N8/c1-23-4-5-24-14(10-23)7-16(22-24)21-15-6-13(12-2-3-18-8-12)9-25-17(15)19-11-20-25/h6-7,9,11-12,18H,2-5,8,10H2,1H3,(H,21,22)/t12-/m1/s1. The quantitative estimate of drug-likeness (QED) is 0.747. The molecule has 5 heterocycles. The molecule has 8 nitrogen and oxygen atoms in total. The molecule has 3 aromatic rings. The first kappa shape index (κ1) is 14.9. The normalized spacial score (nSPS) is 20.9. The van der Waals surface area contributed by atoms with Crippen LogP contribution < -0.4 is 10.6 Å². The van der Waals surface area contributed by atoms with Gasteiger partial charge in [0, 0.05) is 31.9 Å². The molecule has 5 rings (SSSR count). The van der Waals surface area contributed by atoms with Crippen LogP contribution in [0.25, 0.3) is 5.65 Å². The minimum absolute atomic E-state index is 0.526. The van der Waals surface area contributed by atoms with Crippen LogP contribution in [0.15, 0.2) is 24.7 Å². The highest BCUT2D eigenvalue weighted by atomic mass is 15.4. The van der Waals surface area contributed by atoms with E-state index < -0.39 is 0 Å². The third-order valence-electron chi connectivity index (χ3n) is 5.18. The average Bonchev–Trinajstić information content (AvgIpc) is 3.34. The van der Waals surface area contributed by atoms with Crippen LogP contribution in [-0.2, 0) is 13.1 Å². The van der Waals surface area contributed by atoms with Gasteiger partial charge in [0.2, 0.25) is 0 Å². The molecule has 0 saturated carbocycles. The van der Waals surface area contributed by atoms with Crippen molar-refractivity contribution in [1.82, 2.24) is 34.6 Å². The van der Waals surface area contributed by atoms with Crippen molar-refractivity contribution in [2.45, 2.75) is 25.4 Å². The second-order valence-corrected chi connectivity index (χ2v) is 7.01. The average molecular weight is 338 g/mol. The van der Waals surface area contributed by atoms with Crippen molar-refractivity contribution in [3.8, 4) is 0 Å². The summed E-state index contributed by atoms with van der Waals surface area (Å²) in [5, 5.41) is 16.0. The number of hydrogen-bond acceptors (Lipinski definition) is 6. The van der Waals surface area contributed by atoms with E-state index in [1.165, 1.54) is 11.3 Å². The minimum Gasteiger partial charge on any atom is -0.336 e. The van der Waals surface area contributed by atoms with Gasteiger partial charge in [-0.2, -0.15) is 10.2 Å². The Morgan fingerprint density at radius 3 is 3.12 bits per heavy atom. The van der Waals surface area contributed by atoms with Crippen LogP contribution in [-0.4, -0.2) is 56.0 Å². The Hall–Kier alpha value is -2.45. The second-order valence-electron chi connectivity index (χ2n) is 7.01. The summed E-state index contributed by atoms with van der Waals surface area (Å²) in [5.41, 5.74) is 4.32. The molecule has 8 heteroatoms. The number of pyridine rings is 1. The van der Waals surface area contributed by atoms with Crippen molar-refractivity contribution in [3.63, 3.8) is 0 Å². The predicted octanol–water partition coefficient (Wildman–Crippen LogP) is 1.19. The van der Waals surface area contributed by atoms with E-state index in [4.69, 9.17) is 5.10 Å². The lowest BCUT2D eigenvalue weighted by molar-refractivity contribution is 0.259. The third kappa shape index (κ3) is 2.67. The van der Waals surface area contributed by atoms with Crippen LogP contribution >= 0.6 is 0 Å². The number of nitrogens with one attached hydrogen (secondary N) is 2. The molecule has 1 fully saturated rings. The molecule has 0 bridgehead atoms. The summed E-state index contributed by atoms with van der Waals surface area (Å²) < 4.78 is 3.95. The van der Waals surface area contributed by atoms with Gasteiger partial charge in [0.1, 0.15) is 6.33 Å². The summed E-state index contributed by atoms with van der Waals surface area (Å²) in [6, 6.07) is 4.33. The molecule has 0 aliphatic carbocycles. The maximum atomic E-state index is 4.71. The van der Waals surface area contributed by atoms with E-state index in [1.54, 1.807) is 6.33 Å². The molecule has 2 N–H and O–H groups in total. The summed E-state index contributed by atoms with van der Waals surface area (Å²) in [7, 11) is 2.14. The van der Waals surface area contributed by atoms with Crippen molar-refractivity contribution in [2.75, 3.05) is 32.0 Å². The van der Waals surface area contributed by atoms with Crippen LogP contribution in [0.1, 0.15) is 23.6 Å². The Morgan fingerprint density at radius 2 is 2.24 bits per heavy atom. The maximum absolute atomic E-state index is 4.71. The first-order valence-electron chi connectivity index (χ1n) is 8.82. The van der Waals surface area contributed by atoms with E-state index in [0.29, 0.717) is 5.92 Å². The van der Waals surface area contributed by atoms with E-state index in [1.807, 2.05) is 4.52 Å². The minimum atomic E-state index is 0.526. The summed E-state index contributed by atoms with van der Waals surface area (Å²) in [5.74, 6) is 1.40. The molecule has 0 unspecified atom stereocenters. The molecule has 0 aromatic carbocycles. The number of nitrogens with zero attached hydrogens (tertiary/aromatic N) is 6. The lowest BCUT2D eigenvalue weighted by Gasteiger charge is -2.22. The first-order chi connectivity index (χ1) is 12.3. The fraction of sp³-hybridized carbons (Fsp3) is 0.471. The molecule has 130 valence electrons. The van der Waals surface area contributed by atoms with Gasteiger partial charge in [-0.1, -0.05) is 0 Å². The Labute approximate surface area is 145 Å². The van der Waals surface area contributed by atoms with Gasteiger partial charge in [-0.15, -0.1) is 0 Å². The van der Waals surface area contributed by atoms with Gasteiger partial charge in [0.25, 0.3) is 0 Å². The van der Waals surface area contributed by atoms with Gasteiger partial charge in [0.05, 0.1) is 17.9 Å². The molecule has 2 aliphatic rings. The zero-order valence-corrected chi connectivity index (χ0v) is 14.3. The molecule has 0 radical (unpaired) electrons. The SMILES string of the molecule is CN1CCn2nc(Nc3cc([C@@H]4CCNC4)cn4ncnc34)cc2C1. The smallest absolute Gasteiger partial charge is 0.178 e. The summed E-state index contributed by atoms with van der Waals surface area (Å²) in [4.78, 5) is 6.72. The number of anilines is 2. The Morgan fingerprint density at radius 1 is 1.28 bits per heavy atom. The lowest BCUT2D eigenvalue weighted by atomic mass is 10.00. The molecule has 2 aliphatic heterocycles. The summed E-state index contributed by atoms with van der Waals surface area (Å²) in [6.45, 7) is 4.99. The highest BCUT2D eigenvalue weighted by Crippen LogP contribution is 2.28. The molecular weight excluding hydrogens is 316 g/mol. The van der Waals surface area contributed by atoms with Gasteiger partial charge >= 0.3 is 0 Å². The van der Waals surface area contributed by atoms with E-state index in [2.05, 4.69) is 55.7 Å². The summed E-state index contributed by atoms with van der Waals surface area (Å²) in [6.07, 6.45) is 4.85. The van der Waals surface area contributed by atoms with E-state index in [9.17, 15) is 0 Å². The molecule has 1 atom stereocenters. The van der Waals surface area contributed by atoms with E-state index in [-0.39, 0.29) is 0 Å². The monoisotopic (exact) mass is 338 g/mol.